The summed E-state index contributed by atoms with van der Waals surface area (Å²) in [7, 11) is 0. The third-order valence-corrected chi connectivity index (χ3v) is 8.70. The summed E-state index contributed by atoms with van der Waals surface area (Å²) in [6.45, 7) is 10.3. The molecular formula is C31H33ClF3N7O2. The van der Waals surface area contributed by atoms with Crippen molar-refractivity contribution in [2.75, 3.05) is 44.2 Å². The van der Waals surface area contributed by atoms with Crippen molar-refractivity contribution < 1.29 is 22.7 Å². The third kappa shape index (κ3) is 5.45. The molecule has 9 nitrogen and oxygen atoms in total. The van der Waals surface area contributed by atoms with Crippen LogP contribution in [0.3, 0.4) is 0 Å². The molecule has 0 aliphatic carbocycles. The smallest absolute Gasteiger partial charge is 0.319 e. The number of hydrogen-bond acceptors (Lipinski definition) is 7. The van der Waals surface area contributed by atoms with Gasteiger partial charge in [0.1, 0.15) is 11.3 Å². The number of ether oxygens (including phenoxy) is 1. The quantitative estimate of drug-likeness (QED) is 0.201. The van der Waals surface area contributed by atoms with Crippen LogP contribution in [-0.4, -0.2) is 93.2 Å². The summed E-state index contributed by atoms with van der Waals surface area (Å²) in [6, 6.07) is 5.03. The molecule has 44 heavy (non-hydrogen) atoms. The van der Waals surface area contributed by atoms with Crippen LogP contribution < -0.4 is 9.64 Å². The van der Waals surface area contributed by atoms with Gasteiger partial charge in [-0.1, -0.05) is 24.2 Å². The van der Waals surface area contributed by atoms with Crippen molar-refractivity contribution in [2.24, 2.45) is 0 Å². The number of amides is 1. The van der Waals surface area contributed by atoms with Gasteiger partial charge < -0.3 is 14.5 Å². The molecule has 0 saturated carbocycles. The molecule has 2 aromatic heterocycles. The van der Waals surface area contributed by atoms with Crippen LogP contribution in [0.4, 0.5) is 19.0 Å². The summed E-state index contributed by atoms with van der Waals surface area (Å²) < 4.78 is 49.1. The average Bonchev–Trinajstić information content (AvgIpc) is 3.45. The molecule has 2 saturated heterocycles. The highest BCUT2D eigenvalue weighted by Crippen LogP contribution is 2.42. The number of carbonyl (C=O) groups excluding carboxylic acids is 1. The Morgan fingerprint density at radius 2 is 1.95 bits per heavy atom. The molecule has 4 aromatic rings. The first kappa shape index (κ1) is 30.1. The first-order valence-corrected chi connectivity index (χ1v) is 14.9. The van der Waals surface area contributed by atoms with E-state index in [2.05, 4.69) is 21.8 Å². The molecule has 2 aromatic carbocycles. The Balaban J connectivity index is 1.41. The molecule has 2 aliphatic rings. The zero-order valence-electron chi connectivity index (χ0n) is 24.7. The maximum atomic E-state index is 16.7. The number of nitrogens with zero attached hydrogens (tertiary/aromatic N) is 6. The number of fused-ring (bicyclic) bond motifs is 2. The molecule has 4 heterocycles. The number of rotatable bonds is 8. The highest BCUT2D eigenvalue weighted by molar-refractivity contribution is 6.35. The number of hydrogen-bond donors (Lipinski definition) is 1. The monoisotopic (exact) mass is 627 g/mol. The van der Waals surface area contributed by atoms with Crippen LogP contribution in [0.2, 0.25) is 5.02 Å². The molecule has 1 amide bonds. The SMILES string of the molecule is C=CC(=O)N1C[C@H](C)N(c2nc(OCCCN3CC(F)(F)C3)nc3c(F)c(-c4c(C)ccc5[nH]ncc45)c(Cl)cc23)C[C@H]1C. The number of halogens is 4. The highest BCUT2D eigenvalue weighted by Gasteiger charge is 2.43. The number of aromatic amines is 1. The Bertz CT molecular complexity index is 1760. The van der Waals surface area contributed by atoms with Crippen LogP contribution in [0.15, 0.2) is 37.1 Å². The second-order valence-corrected chi connectivity index (χ2v) is 12.1. The standard InChI is InChI=1S/C31H33ClF3N7O2/c1-5-24(43)41-13-19(4)42(14-18(41)3)29-20-11-22(32)26(25-17(2)7-8-23-21(25)12-36-39-23)27(33)28(20)37-30(38-29)44-10-6-9-40-15-31(34,35)16-40/h5,7-8,11-12,18-19H,1,6,9-10,13-16H2,2-4H3,(H,36,39)/t18-,19+/m1/s1. The minimum Gasteiger partial charge on any atom is -0.463 e. The number of nitrogens with one attached hydrogen (secondary N) is 1. The van der Waals surface area contributed by atoms with Gasteiger partial charge in [0.2, 0.25) is 5.91 Å². The zero-order valence-corrected chi connectivity index (χ0v) is 25.5. The fraction of sp³-hybridized carbons (Fsp3) is 0.419. The van der Waals surface area contributed by atoms with Crippen LogP contribution in [0.25, 0.3) is 32.9 Å². The minimum atomic E-state index is -2.64. The van der Waals surface area contributed by atoms with Gasteiger partial charge in [0, 0.05) is 53.6 Å². The van der Waals surface area contributed by atoms with Crippen LogP contribution in [0.1, 0.15) is 25.8 Å². The van der Waals surface area contributed by atoms with Gasteiger partial charge in [-0.15, -0.1) is 0 Å². The molecule has 2 aliphatic heterocycles. The van der Waals surface area contributed by atoms with E-state index in [-0.39, 0.29) is 59.8 Å². The van der Waals surface area contributed by atoms with E-state index in [0.29, 0.717) is 42.8 Å². The molecule has 6 rings (SSSR count). The lowest BCUT2D eigenvalue weighted by Gasteiger charge is -2.44. The van der Waals surface area contributed by atoms with Crippen LogP contribution >= 0.6 is 11.6 Å². The molecule has 13 heteroatoms. The van der Waals surface area contributed by atoms with Crippen molar-refractivity contribution in [1.82, 2.24) is 30.0 Å². The number of likely N-dealkylation sites (tertiary alicyclic amines) is 1. The molecule has 0 radical (unpaired) electrons. The van der Waals surface area contributed by atoms with E-state index in [1.54, 1.807) is 22.1 Å². The van der Waals surface area contributed by atoms with Gasteiger partial charge in [-0.25, -0.2) is 13.2 Å². The largest absolute Gasteiger partial charge is 0.463 e. The topological polar surface area (TPSA) is 90.5 Å². The van der Waals surface area contributed by atoms with Crippen molar-refractivity contribution in [3.05, 3.63) is 53.5 Å². The second-order valence-electron chi connectivity index (χ2n) is 11.7. The Morgan fingerprint density at radius 1 is 1.18 bits per heavy atom. The first-order chi connectivity index (χ1) is 21.0. The van der Waals surface area contributed by atoms with Crippen molar-refractivity contribution in [3.8, 4) is 17.1 Å². The predicted molar refractivity (Wildman–Crippen MR) is 164 cm³/mol. The van der Waals surface area contributed by atoms with Crippen molar-refractivity contribution in [2.45, 2.75) is 45.2 Å². The Kier molecular flexibility index (Phi) is 7.91. The van der Waals surface area contributed by atoms with Gasteiger partial charge in [0.15, 0.2) is 5.82 Å². The van der Waals surface area contributed by atoms with E-state index in [4.69, 9.17) is 21.3 Å². The van der Waals surface area contributed by atoms with Crippen molar-refractivity contribution >= 4 is 45.1 Å². The normalized spacial score (nSPS) is 20.2. The van der Waals surface area contributed by atoms with Crippen LogP contribution in [0.5, 0.6) is 6.01 Å². The Morgan fingerprint density at radius 3 is 2.68 bits per heavy atom. The number of anilines is 1. The van der Waals surface area contributed by atoms with Gasteiger partial charge in [-0.3, -0.25) is 14.8 Å². The van der Waals surface area contributed by atoms with Crippen LogP contribution in [0, 0.1) is 12.7 Å². The maximum Gasteiger partial charge on any atom is 0.319 e. The lowest BCUT2D eigenvalue weighted by Crippen LogP contribution is -2.58. The number of benzene rings is 2. The Labute approximate surface area is 257 Å². The molecule has 232 valence electrons. The van der Waals surface area contributed by atoms with Gasteiger partial charge in [0.05, 0.1) is 36.4 Å². The molecule has 0 spiro atoms. The predicted octanol–water partition coefficient (Wildman–Crippen LogP) is 5.61. The third-order valence-electron chi connectivity index (χ3n) is 8.40. The van der Waals surface area contributed by atoms with Crippen molar-refractivity contribution in [1.29, 1.82) is 0 Å². The summed E-state index contributed by atoms with van der Waals surface area (Å²) in [5.74, 6) is -2.99. The van der Waals surface area contributed by atoms with Gasteiger partial charge in [0.25, 0.3) is 5.92 Å². The van der Waals surface area contributed by atoms with E-state index in [9.17, 15) is 13.6 Å². The lowest BCUT2D eigenvalue weighted by molar-refractivity contribution is -0.131. The van der Waals surface area contributed by atoms with E-state index in [0.717, 1.165) is 16.5 Å². The summed E-state index contributed by atoms with van der Waals surface area (Å²) >= 11 is 6.86. The first-order valence-electron chi connectivity index (χ1n) is 14.5. The summed E-state index contributed by atoms with van der Waals surface area (Å²) in [5, 5.41) is 8.37. The number of aromatic nitrogens is 4. The van der Waals surface area contributed by atoms with E-state index < -0.39 is 11.7 Å². The van der Waals surface area contributed by atoms with E-state index in [1.165, 1.54) is 6.08 Å². The number of piperazine rings is 1. The van der Waals surface area contributed by atoms with E-state index in [1.807, 2.05) is 37.8 Å². The zero-order chi connectivity index (χ0) is 31.3. The molecule has 1 N–H and O–H groups in total. The molecular weight excluding hydrogens is 595 g/mol. The highest BCUT2D eigenvalue weighted by atomic mass is 35.5. The summed E-state index contributed by atoms with van der Waals surface area (Å²) in [4.78, 5) is 27.1. The van der Waals surface area contributed by atoms with Crippen LogP contribution in [-0.2, 0) is 4.79 Å². The van der Waals surface area contributed by atoms with Gasteiger partial charge in [-0.2, -0.15) is 15.1 Å². The molecule has 0 bridgehead atoms. The molecule has 0 unspecified atom stereocenters. The molecule has 2 atom stereocenters. The number of aryl methyl sites for hydroxylation is 1. The van der Waals surface area contributed by atoms with Crippen molar-refractivity contribution in [3.63, 3.8) is 0 Å². The second kappa shape index (κ2) is 11.6. The minimum absolute atomic E-state index is 0.0312. The fourth-order valence-electron chi connectivity index (χ4n) is 6.19. The number of carbonyl (C=O) groups is 1. The number of alkyl halides is 2. The van der Waals surface area contributed by atoms with Gasteiger partial charge >= 0.3 is 6.01 Å². The number of H-pyrrole nitrogens is 1. The average molecular weight is 628 g/mol. The maximum absolute atomic E-state index is 16.7. The lowest BCUT2D eigenvalue weighted by atomic mass is 9.95. The fourth-order valence-corrected chi connectivity index (χ4v) is 6.48. The Hall–Kier alpha value is -3.90. The molecule has 2 fully saturated rings. The summed E-state index contributed by atoms with van der Waals surface area (Å²) in [6.07, 6.45) is 3.41. The van der Waals surface area contributed by atoms with Gasteiger partial charge in [-0.05, 0) is 51.0 Å². The summed E-state index contributed by atoms with van der Waals surface area (Å²) in [5.41, 5.74) is 2.39. The van der Waals surface area contributed by atoms with E-state index >= 15 is 4.39 Å².